The summed E-state index contributed by atoms with van der Waals surface area (Å²) < 4.78 is 5.13. The van der Waals surface area contributed by atoms with E-state index in [1.807, 2.05) is 30.4 Å². The minimum atomic E-state index is -1.51. The predicted octanol–water partition coefficient (Wildman–Crippen LogP) is 0.940. The Labute approximate surface area is 112 Å². The third kappa shape index (κ3) is 3.68. The Morgan fingerprint density at radius 2 is 1.74 bits per heavy atom. The second-order valence-electron chi connectivity index (χ2n) is 4.03. The van der Waals surface area contributed by atoms with Gasteiger partial charge in [0.25, 0.3) is 0 Å². The van der Waals surface area contributed by atoms with Crippen LogP contribution in [0.4, 0.5) is 0 Å². The van der Waals surface area contributed by atoms with Gasteiger partial charge in [0.15, 0.2) is 0 Å². The first-order chi connectivity index (χ1) is 9.19. The Bertz CT molecular complexity index is 570. The number of hydrogen-bond acceptors (Lipinski definition) is 4. The van der Waals surface area contributed by atoms with Crippen molar-refractivity contribution >= 4 is 24.7 Å². The molecule has 1 aromatic carbocycles. The van der Waals surface area contributed by atoms with Crippen LogP contribution >= 0.6 is 0 Å². The van der Waals surface area contributed by atoms with Gasteiger partial charge in [0.05, 0.1) is 7.11 Å². The number of pyridine rings is 1. The van der Waals surface area contributed by atoms with Crippen molar-refractivity contribution in [1.82, 2.24) is 4.98 Å². The van der Waals surface area contributed by atoms with Gasteiger partial charge in [0, 0.05) is 12.4 Å². The highest BCUT2D eigenvalue weighted by Crippen LogP contribution is 2.14. The number of hydrogen-bond donors (Lipinski definition) is 2. The van der Waals surface area contributed by atoms with Crippen molar-refractivity contribution in [2.45, 2.75) is 0 Å². The maximum Gasteiger partial charge on any atom is 0.488 e. The molecule has 0 aliphatic carbocycles. The van der Waals surface area contributed by atoms with Crippen molar-refractivity contribution in [2.75, 3.05) is 7.11 Å². The van der Waals surface area contributed by atoms with Crippen molar-refractivity contribution in [3.8, 4) is 5.75 Å². The van der Waals surface area contributed by atoms with E-state index in [-0.39, 0.29) is 0 Å². The molecule has 0 bridgehead atoms. The van der Waals surface area contributed by atoms with E-state index in [2.05, 4.69) is 4.98 Å². The van der Waals surface area contributed by atoms with Gasteiger partial charge in [-0.1, -0.05) is 18.2 Å². The summed E-state index contributed by atoms with van der Waals surface area (Å²) in [5.41, 5.74) is 2.25. The summed E-state index contributed by atoms with van der Waals surface area (Å²) >= 11 is 0. The summed E-state index contributed by atoms with van der Waals surface area (Å²) in [4.78, 5) is 3.95. The summed E-state index contributed by atoms with van der Waals surface area (Å²) in [5.74, 6) is 0.583. The van der Waals surface area contributed by atoms with Crippen molar-refractivity contribution in [3.05, 3.63) is 53.9 Å². The summed E-state index contributed by atoms with van der Waals surface area (Å²) in [6.07, 6.45) is 7.23. The summed E-state index contributed by atoms with van der Waals surface area (Å²) in [6.45, 7) is 0. The number of ether oxygens (including phenoxy) is 1. The second-order valence-corrected chi connectivity index (χ2v) is 4.03. The molecule has 0 unspecified atom stereocenters. The van der Waals surface area contributed by atoms with Crippen LogP contribution in [0.25, 0.3) is 12.2 Å². The monoisotopic (exact) mass is 255 g/mol. The number of aromatic nitrogens is 1. The van der Waals surface area contributed by atoms with Gasteiger partial charge in [-0.25, -0.2) is 0 Å². The van der Waals surface area contributed by atoms with E-state index in [4.69, 9.17) is 4.74 Å². The normalized spacial score (nSPS) is 10.7. The fourth-order valence-corrected chi connectivity index (χ4v) is 1.68. The zero-order chi connectivity index (χ0) is 13.7. The Balaban J connectivity index is 2.29. The van der Waals surface area contributed by atoms with Crippen molar-refractivity contribution in [1.29, 1.82) is 0 Å². The van der Waals surface area contributed by atoms with Crippen LogP contribution in [0.1, 0.15) is 11.1 Å². The first-order valence-corrected chi connectivity index (χ1v) is 5.82. The average Bonchev–Trinajstić information content (AvgIpc) is 2.45. The molecule has 1 heterocycles. The quantitative estimate of drug-likeness (QED) is 0.798. The fourth-order valence-electron chi connectivity index (χ4n) is 1.68. The minimum absolute atomic E-state index is 0.397. The van der Waals surface area contributed by atoms with E-state index in [0.717, 1.165) is 11.1 Å². The van der Waals surface area contributed by atoms with Crippen LogP contribution in [0, 0.1) is 0 Å². The number of rotatable bonds is 4. The van der Waals surface area contributed by atoms with Gasteiger partial charge < -0.3 is 14.8 Å². The van der Waals surface area contributed by atoms with Crippen LogP contribution in [0.15, 0.2) is 42.7 Å². The van der Waals surface area contributed by atoms with Gasteiger partial charge in [-0.05, 0) is 40.9 Å². The fraction of sp³-hybridized carbons (Fsp3) is 0.0714. The molecule has 2 aromatic rings. The third-order valence-electron chi connectivity index (χ3n) is 2.66. The number of methoxy groups -OCH3 is 1. The molecule has 1 aromatic heterocycles. The lowest BCUT2D eigenvalue weighted by Gasteiger charge is -2.06. The Morgan fingerprint density at radius 1 is 1.05 bits per heavy atom. The molecule has 0 saturated heterocycles. The molecule has 19 heavy (non-hydrogen) atoms. The van der Waals surface area contributed by atoms with E-state index in [0.29, 0.717) is 11.2 Å². The van der Waals surface area contributed by atoms with E-state index in [1.165, 1.54) is 0 Å². The lowest BCUT2D eigenvalue weighted by molar-refractivity contribution is 0.412. The van der Waals surface area contributed by atoms with Gasteiger partial charge in [0.2, 0.25) is 0 Å². The van der Waals surface area contributed by atoms with E-state index in [1.54, 1.807) is 31.6 Å². The molecule has 0 aliphatic heterocycles. The molecule has 5 heteroatoms. The minimum Gasteiger partial charge on any atom is -0.497 e. The lowest BCUT2D eigenvalue weighted by atomic mass is 9.79. The largest absolute Gasteiger partial charge is 0.497 e. The molecule has 0 saturated carbocycles. The lowest BCUT2D eigenvalue weighted by Crippen LogP contribution is -2.29. The molecular weight excluding hydrogens is 241 g/mol. The highest BCUT2D eigenvalue weighted by atomic mass is 16.5. The van der Waals surface area contributed by atoms with Gasteiger partial charge in [-0.15, -0.1) is 0 Å². The number of nitrogens with zero attached hydrogens (tertiary/aromatic N) is 1. The van der Waals surface area contributed by atoms with Crippen molar-refractivity contribution in [2.24, 2.45) is 0 Å². The Hall–Kier alpha value is -2.11. The molecule has 0 spiro atoms. The van der Waals surface area contributed by atoms with E-state index in [9.17, 15) is 10.0 Å². The Kier molecular flexibility index (Phi) is 4.33. The summed E-state index contributed by atoms with van der Waals surface area (Å²) in [5, 5.41) is 18.4. The van der Waals surface area contributed by atoms with Gasteiger partial charge in [0.1, 0.15) is 5.75 Å². The van der Waals surface area contributed by atoms with Crippen LogP contribution in [0.2, 0.25) is 0 Å². The molecule has 0 amide bonds. The van der Waals surface area contributed by atoms with E-state index < -0.39 is 7.12 Å². The van der Waals surface area contributed by atoms with Gasteiger partial charge >= 0.3 is 7.12 Å². The zero-order valence-corrected chi connectivity index (χ0v) is 10.5. The van der Waals surface area contributed by atoms with Crippen LogP contribution in [-0.2, 0) is 0 Å². The molecular formula is C14H14BNO3. The molecule has 0 aliphatic rings. The predicted molar refractivity (Wildman–Crippen MR) is 76.0 cm³/mol. The third-order valence-corrected chi connectivity index (χ3v) is 2.66. The molecule has 4 nitrogen and oxygen atoms in total. The molecule has 2 rings (SSSR count). The highest BCUT2D eigenvalue weighted by molar-refractivity contribution is 6.58. The SMILES string of the molecule is COc1cc(/C=C/c2ccncc2)cc(B(O)O)c1. The van der Waals surface area contributed by atoms with Crippen molar-refractivity contribution < 1.29 is 14.8 Å². The summed E-state index contributed by atoms with van der Waals surface area (Å²) in [6, 6.07) is 8.89. The maximum atomic E-state index is 9.22. The van der Waals surface area contributed by atoms with Gasteiger partial charge in [-0.3, -0.25) is 4.98 Å². The number of benzene rings is 1. The molecule has 0 fully saturated rings. The second kappa shape index (κ2) is 6.18. The molecule has 0 atom stereocenters. The van der Waals surface area contributed by atoms with Crippen molar-refractivity contribution in [3.63, 3.8) is 0 Å². The van der Waals surface area contributed by atoms with E-state index >= 15 is 0 Å². The average molecular weight is 255 g/mol. The first kappa shape index (κ1) is 13.3. The maximum absolute atomic E-state index is 9.22. The molecule has 2 N–H and O–H groups in total. The smallest absolute Gasteiger partial charge is 0.488 e. The summed E-state index contributed by atoms with van der Waals surface area (Å²) in [7, 11) is 0.0300. The Morgan fingerprint density at radius 3 is 2.37 bits per heavy atom. The van der Waals surface area contributed by atoms with Crippen LogP contribution in [0.3, 0.4) is 0 Å². The molecule has 0 radical (unpaired) electrons. The zero-order valence-electron chi connectivity index (χ0n) is 10.5. The van der Waals surface area contributed by atoms with Crippen LogP contribution < -0.4 is 10.2 Å². The first-order valence-electron chi connectivity index (χ1n) is 5.82. The van der Waals surface area contributed by atoms with Gasteiger partial charge in [-0.2, -0.15) is 0 Å². The highest BCUT2D eigenvalue weighted by Gasteiger charge is 2.12. The molecule has 96 valence electrons. The topological polar surface area (TPSA) is 62.6 Å². The standard InChI is InChI=1S/C14H14BNO3/c1-19-14-9-12(8-13(10-14)15(17)18)3-2-11-4-6-16-7-5-11/h2-10,17-18H,1H3/b3-2+. The van der Waals surface area contributed by atoms with Crippen LogP contribution in [-0.4, -0.2) is 29.3 Å². The van der Waals surface area contributed by atoms with Crippen LogP contribution in [0.5, 0.6) is 5.75 Å².